The van der Waals surface area contributed by atoms with Gasteiger partial charge in [-0.1, -0.05) is 35.1 Å². The molecule has 5 atom stereocenters. The van der Waals surface area contributed by atoms with Crippen molar-refractivity contribution in [3.8, 4) is 0 Å². The molecule has 0 bridgehead atoms. The zero-order valence-corrected chi connectivity index (χ0v) is 13.2. The summed E-state index contributed by atoms with van der Waals surface area (Å²) >= 11 is 1.26. The SMILES string of the molecule is CC(=O)OCC1OC(Sc2ccccc2)C(N=[N+]=[N-])C(O)[C@@H]1O. The van der Waals surface area contributed by atoms with Crippen molar-refractivity contribution in [3.05, 3.63) is 40.8 Å². The quantitative estimate of drug-likeness (QED) is 0.362. The lowest BCUT2D eigenvalue weighted by molar-refractivity contribution is -0.178. The Morgan fingerprint density at radius 1 is 1.39 bits per heavy atom. The standard InChI is InChI=1S/C14H17N3O5S/c1-8(18)21-7-10-12(19)13(20)11(16-17-15)14(22-10)23-9-5-3-2-4-6-9/h2-6,10-14,19-20H,7H2,1H3/t10?,11?,12-,13?,14?/m1/s1. The highest BCUT2D eigenvalue weighted by Gasteiger charge is 2.44. The molecule has 0 saturated carbocycles. The molecule has 2 rings (SSSR count). The first-order valence-electron chi connectivity index (χ1n) is 6.94. The molecular weight excluding hydrogens is 322 g/mol. The highest BCUT2D eigenvalue weighted by atomic mass is 32.2. The number of carbonyl (C=O) groups excluding carboxylic acids is 1. The van der Waals surface area contributed by atoms with Crippen LogP contribution < -0.4 is 0 Å². The lowest BCUT2D eigenvalue weighted by Gasteiger charge is -2.40. The summed E-state index contributed by atoms with van der Waals surface area (Å²) in [6.07, 6.45) is -3.54. The van der Waals surface area contributed by atoms with Gasteiger partial charge in [0, 0.05) is 16.7 Å². The number of carbonyl (C=O) groups is 1. The molecule has 0 aliphatic carbocycles. The second-order valence-electron chi connectivity index (χ2n) is 4.95. The molecule has 8 nitrogen and oxygen atoms in total. The van der Waals surface area contributed by atoms with Gasteiger partial charge in [-0.25, -0.2) is 0 Å². The predicted octanol–water partition coefficient (Wildman–Crippen LogP) is 1.47. The zero-order valence-electron chi connectivity index (χ0n) is 12.3. The van der Waals surface area contributed by atoms with Crippen molar-refractivity contribution in [2.45, 2.75) is 41.6 Å². The second-order valence-corrected chi connectivity index (χ2v) is 6.12. The van der Waals surface area contributed by atoms with Crippen LogP contribution in [0.25, 0.3) is 10.4 Å². The lowest BCUT2D eigenvalue weighted by atomic mass is 9.99. The maximum atomic E-state index is 10.9. The summed E-state index contributed by atoms with van der Waals surface area (Å²) in [6, 6.07) is 8.27. The monoisotopic (exact) mass is 339 g/mol. The van der Waals surface area contributed by atoms with Gasteiger partial charge in [0.05, 0.1) is 6.10 Å². The van der Waals surface area contributed by atoms with Crippen molar-refractivity contribution in [2.24, 2.45) is 5.11 Å². The summed E-state index contributed by atoms with van der Waals surface area (Å²) in [5, 5.41) is 23.8. The molecular formula is C14H17N3O5S. The van der Waals surface area contributed by atoms with E-state index in [1.54, 1.807) is 0 Å². The van der Waals surface area contributed by atoms with Gasteiger partial charge in [-0.05, 0) is 17.7 Å². The normalized spacial score (nSPS) is 30.3. The van der Waals surface area contributed by atoms with Gasteiger partial charge in [0.1, 0.15) is 30.3 Å². The minimum absolute atomic E-state index is 0.192. The van der Waals surface area contributed by atoms with Gasteiger partial charge < -0.3 is 19.7 Å². The summed E-state index contributed by atoms with van der Waals surface area (Å²) in [4.78, 5) is 14.5. The number of benzene rings is 1. The summed E-state index contributed by atoms with van der Waals surface area (Å²) in [5.74, 6) is -0.514. The summed E-state index contributed by atoms with van der Waals surface area (Å²) < 4.78 is 10.5. The first kappa shape index (κ1) is 17.6. The Hall–Kier alpha value is -1.77. The minimum atomic E-state index is -1.32. The number of hydrogen-bond donors (Lipinski definition) is 2. The van der Waals surface area contributed by atoms with Gasteiger partial charge in [-0.2, -0.15) is 0 Å². The number of rotatable bonds is 5. The summed E-state index contributed by atoms with van der Waals surface area (Å²) in [7, 11) is 0. The molecule has 1 saturated heterocycles. The fourth-order valence-electron chi connectivity index (χ4n) is 2.17. The number of nitrogens with zero attached hydrogens (tertiary/aromatic N) is 3. The molecule has 1 fully saturated rings. The van der Waals surface area contributed by atoms with Crippen molar-refractivity contribution in [1.29, 1.82) is 0 Å². The van der Waals surface area contributed by atoms with E-state index in [2.05, 4.69) is 10.0 Å². The largest absolute Gasteiger partial charge is 0.463 e. The molecule has 0 amide bonds. The molecule has 124 valence electrons. The number of aliphatic hydroxyl groups excluding tert-OH is 2. The number of ether oxygens (including phenoxy) is 2. The molecule has 2 N–H and O–H groups in total. The first-order valence-corrected chi connectivity index (χ1v) is 7.81. The molecule has 23 heavy (non-hydrogen) atoms. The Kier molecular flexibility index (Phi) is 6.26. The lowest BCUT2D eigenvalue weighted by Crippen LogP contribution is -2.57. The number of hydrogen-bond acceptors (Lipinski definition) is 7. The molecule has 0 aromatic heterocycles. The van der Waals surface area contributed by atoms with Crippen LogP contribution in [0.15, 0.2) is 40.3 Å². The summed E-state index contributed by atoms with van der Waals surface area (Å²) in [6.45, 7) is 1.05. The average Bonchev–Trinajstić information content (AvgIpc) is 2.54. The third-order valence-corrected chi connectivity index (χ3v) is 4.47. The van der Waals surface area contributed by atoms with Crippen LogP contribution >= 0.6 is 11.8 Å². The van der Waals surface area contributed by atoms with Crippen molar-refractivity contribution >= 4 is 17.7 Å². The van der Waals surface area contributed by atoms with E-state index in [0.717, 1.165) is 4.90 Å². The zero-order chi connectivity index (χ0) is 16.8. The number of azide groups is 1. The Balaban J connectivity index is 2.16. The van der Waals surface area contributed by atoms with E-state index in [1.165, 1.54) is 18.7 Å². The number of aliphatic hydroxyl groups is 2. The van der Waals surface area contributed by atoms with Gasteiger partial charge in [0.25, 0.3) is 0 Å². The highest BCUT2D eigenvalue weighted by Crippen LogP contribution is 2.35. The fourth-order valence-corrected chi connectivity index (χ4v) is 3.30. The van der Waals surface area contributed by atoms with Crippen LogP contribution in [0.5, 0.6) is 0 Å². The van der Waals surface area contributed by atoms with E-state index in [0.29, 0.717) is 0 Å². The maximum absolute atomic E-state index is 10.9. The smallest absolute Gasteiger partial charge is 0.302 e. The fraction of sp³-hybridized carbons (Fsp3) is 0.500. The van der Waals surface area contributed by atoms with E-state index in [4.69, 9.17) is 15.0 Å². The Morgan fingerprint density at radius 2 is 2.09 bits per heavy atom. The number of esters is 1. The van der Waals surface area contributed by atoms with Crippen LogP contribution in [-0.2, 0) is 14.3 Å². The van der Waals surface area contributed by atoms with Crippen molar-refractivity contribution in [2.75, 3.05) is 6.61 Å². The molecule has 1 aliphatic rings. The second kappa shape index (κ2) is 8.19. The van der Waals surface area contributed by atoms with E-state index in [9.17, 15) is 15.0 Å². The molecule has 1 aromatic carbocycles. The molecule has 1 aromatic rings. The van der Waals surface area contributed by atoms with Gasteiger partial charge >= 0.3 is 5.97 Å². The van der Waals surface area contributed by atoms with Crippen LogP contribution in [0.2, 0.25) is 0 Å². The van der Waals surface area contributed by atoms with Crippen molar-refractivity contribution in [3.63, 3.8) is 0 Å². The van der Waals surface area contributed by atoms with Gasteiger partial charge in [-0.15, -0.1) is 0 Å². The van der Waals surface area contributed by atoms with Crippen LogP contribution in [0.1, 0.15) is 6.92 Å². The molecule has 0 radical (unpaired) electrons. The van der Waals surface area contributed by atoms with Gasteiger partial charge in [0.15, 0.2) is 0 Å². The Bertz CT molecular complexity index is 581. The van der Waals surface area contributed by atoms with Crippen LogP contribution in [0.3, 0.4) is 0 Å². The van der Waals surface area contributed by atoms with Crippen molar-refractivity contribution in [1.82, 2.24) is 0 Å². The predicted molar refractivity (Wildman–Crippen MR) is 82.5 cm³/mol. The van der Waals surface area contributed by atoms with E-state index < -0.39 is 35.8 Å². The van der Waals surface area contributed by atoms with Crippen LogP contribution in [-0.4, -0.2) is 52.6 Å². The van der Waals surface area contributed by atoms with Gasteiger partial charge in [-0.3, -0.25) is 4.79 Å². The molecule has 1 aliphatic heterocycles. The third kappa shape index (κ3) is 4.60. The number of thioether (sulfide) groups is 1. The van der Waals surface area contributed by atoms with Crippen molar-refractivity contribution < 1.29 is 24.5 Å². The maximum Gasteiger partial charge on any atom is 0.302 e. The van der Waals surface area contributed by atoms with Crippen LogP contribution in [0.4, 0.5) is 0 Å². The van der Waals surface area contributed by atoms with Crippen LogP contribution in [0, 0.1) is 0 Å². The Morgan fingerprint density at radius 3 is 2.70 bits per heavy atom. The molecule has 0 spiro atoms. The topological polar surface area (TPSA) is 125 Å². The van der Waals surface area contributed by atoms with E-state index in [-0.39, 0.29) is 6.61 Å². The van der Waals surface area contributed by atoms with E-state index >= 15 is 0 Å². The molecule has 4 unspecified atom stereocenters. The van der Waals surface area contributed by atoms with Gasteiger partial charge in [0.2, 0.25) is 0 Å². The molecule has 9 heteroatoms. The first-order chi connectivity index (χ1) is 11.0. The van der Waals surface area contributed by atoms with E-state index in [1.807, 2.05) is 30.3 Å². The Labute approximate surface area is 137 Å². The third-order valence-electron chi connectivity index (χ3n) is 3.30. The highest BCUT2D eigenvalue weighted by molar-refractivity contribution is 7.99. The molecule has 1 heterocycles. The minimum Gasteiger partial charge on any atom is -0.463 e. The summed E-state index contributed by atoms with van der Waals surface area (Å²) in [5.41, 5.74) is 7.96. The average molecular weight is 339 g/mol.